The number of rotatable bonds is 18. The summed E-state index contributed by atoms with van der Waals surface area (Å²) in [5, 5.41) is 0. The molecule has 2 radical (unpaired) electrons. The summed E-state index contributed by atoms with van der Waals surface area (Å²) in [4.78, 5) is 0. The van der Waals surface area contributed by atoms with E-state index in [0.29, 0.717) is 48.1 Å². The summed E-state index contributed by atoms with van der Waals surface area (Å²) in [6, 6.07) is 0. The van der Waals surface area contributed by atoms with E-state index in [0.717, 1.165) is 24.7 Å². The predicted molar refractivity (Wildman–Crippen MR) is 220 cm³/mol. The zero-order valence-corrected chi connectivity index (χ0v) is 39.4. The fourth-order valence-electron chi connectivity index (χ4n) is 14.2. The lowest BCUT2D eigenvalue weighted by Crippen LogP contribution is -2.63. The van der Waals surface area contributed by atoms with Crippen molar-refractivity contribution in [3.63, 3.8) is 0 Å². The Morgan fingerprint density at radius 3 is 1.63 bits per heavy atom. The zero-order valence-electron chi connectivity index (χ0n) is 35.4. The van der Waals surface area contributed by atoms with Crippen LogP contribution in [0, 0.1) is 46.3 Å². The van der Waals surface area contributed by atoms with Gasteiger partial charge in [-0.2, -0.15) is 0 Å². The number of ether oxygens (including phenoxy) is 4. The van der Waals surface area contributed by atoms with E-state index in [1.54, 1.807) is 0 Å². The molecule has 5 aliphatic carbocycles. The van der Waals surface area contributed by atoms with E-state index in [1.165, 1.54) is 77.0 Å². The lowest BCUT2D eigenvalue weighted by molar-refractivity contribution is -0.217. The third-order valence-electron chi connectivity index (χ3n) is 16.3. The molecule has 0 spiro atoms. The fraction of sp³-hybridized carbons (Fsp3) is 1.00. The molecule has 2 saturated heterocycles. The van der Waals surface area contributed by atoms with Crippen molar-refractivity contribution in [2.75, 3.05) is 0 Å². The van der Waals surface area contributed by atoms with Crippen molar-refractivity contribution < 1.29 is 27.2 Å². The average Bonchev–Trinajstić information content (AvgIpc) is 3.90. The average molecular weight is 791 g/mol. The molecule has 16 unspecified atom stereocenters. The Bertz CT molecular complexity index is 1230. The minimum absolute atomic E-state index is 0.130. The van der Waals surface area contributed by atoms with Crippen LogP contribution in [0.2, 0.25) is 52.4 Å². The van der Waals surface area contributed by atoms with Gasteiger partial charge in [0.15, 0.2) is 18.1 Å². The van der Waals surface area contributed by atoms with Crippen molar-refractivity contribution in [3.05, 3.63) is 0 Å². The Hall–Kier alpha value is 0.628. The Balaban J connectivity index is 1.32. The smallest absolute Gasteiger partial charge is 0.202 e. The van der Waals surface area contributed by atoms with Gasteiger partial charge in [-0.3, -0.25) is 0 Å². The van der Waals surface area contributed by atoms with Crippen LogP contribution in [-0.2, 0) is 27.2 Å². The second kappa shape index (κ2) is 15.4. The first-order valence-corrected chi connectivity index (χ1v) is 33.0. The van der Waals surface area contributed by atoms with E-state index < -0.39 is 34.7 Å². The van der Waals surface area contributed by atoms with Gasteiger partial charge in [0.2, 0.25) is 16.6 Å². The van der Waals surface area contributed by atoms with Crippen LogP contribution in [-0.4, -0.2) is 82.8 Å². The van der Waals surface area contributed by atoms with Gasteiger partial charge in [-0.25, -0.2) is 0 Å². The number of hydrogen-bond acceptors (Lipinski definition) is 6. The Morgan fingerprint density at radius 2 is 1.15 bits per heavy atom. The Morgan fingerprint density at radius 1 is 0.654 bits per heavy atom. The highest BCUT2D eigenvalue weighted by Gasteiger charge is 2.75. The Labute approximate surface area is 325 Å². The van der Waals surface area contributed by atoms with Crippen LogP contribution < -0.4 is 0 Å². The van der Waals surface area contributed by atoms with E-state index in [2.05, 4.69) is 80.1 Å². The van der Waals surface area contributed by atoms with Crippen LogP contribution in [0.4, 0.5) is 0 Å². The summed E-state index contributed by atoms with van der Waals surface area (Å²) in [5.74, 6) is 3.87. The first-order chi connectivity index (χ1) is 24.6. The zero-order chi connectivity index (χ0) is 37.4. The van der Waals surface area contributed by atoms with Gasteiger partial charge in [0, 0.05) is 10.8 Å². The van der Waals surface area contributed by atoms with Gasteiger partial charge in [-0.05, 0) is 171 Å². The predicted octanol–water partition coefficient (Wildman–Crippen LogP) is 10.3. The standard InChI is InChI=1S/C42H78O6Si4/c1-13-37(51(9,10)47-49(5)6)45-39(27(3)29-17-19-33-35(24-29)43-33)41-23-21-31(26-41)32-16-15-22-42(32,41)40(28(4)30-18-20-34-36(25-30)44-34)46-38(14-2)52(11,12)48-50(7)8/h27-40H,13-26H2,1-12H3. The molecule has 0 aromatic rings. The molecule has 7 aliphatic rings. The van der Waals surface area contributed by atoms with Crippen LogP contribution in [0.25, 0.3) is 0 Å². The summed E-state index contributed by atoms with van der Waals surface area (Å²) in [7, 11) is -5.87. The highest BCUT2D eigenvalue weighted by molar-refractivity contribution is 6.79. The SMILES string of the molecule is CCC(OC(C(C)C1CCC2OC2C1)C12CCC(C1)C1CCCC12C(OC(CC)[Si](C)(C)O[Si](C)C)C(C)C1CCC2OC2C1)[Si](C)(C)O[Si](C)C. The third-order valence-corrected chi connectivity index (χ3v) is 27.9. The molecule has 6 nitrogen and oxygen atoms in total. The van der Waals surface area contributed by atoms with Crippen LogP contribution in [0.15, 0.2) is 0 Å². The Kier molecular flexibility index (Phi) is 12.1. The highest BCUT2D eigenvalue weighted by Crippen LogP contribution is 2.77. The quantitative estimate of drug-likeness (QED) is 0.102. The van der Waals surface area contributed by atoms with Gasteiger partial charge < -0.3 is 27.2 Å². The molecule has 2 aliphatic heterocycles. The van der Waals surface area contributed by atoms with E-state index in [1.807, 2.05) is 0 Å². The molecule has 0 aromatic heterocycles. The van der Waals surface area contributed by atoms with Gasteiger partial charge in [-0.15, -0.1) is 0 Å². The minimum Gasteiger partial charge on any atom is -0.454 e. The van der Waals surface area contributed by atoms with Crippen molar-refractivity contribution in [2.24, 2.45) is 46.3 Å². The molecular weight excluding hydrogens is 713 g/mol. The van der Waals surface area contributed by atoms with Gasteiger partial charge in [0.1, 0.15) is 0 Å². The topological polar surface area (TPSA) is 62.0 Å². The number of hydrogen-bond donors (Lipinski definition) is 0. The van der Waals surface area contributed by atoms with Crippen molar-refractivity contribution in [2.45, 2.75) is 218 Å². The van der Waals surface area contributed by atoms with Gasteiger partial charge in [0.25, 0.3) is 0 Å². The normalized spacial score (nSPS) is 41.7. The van der Waals surface area contributed by atoms with Gasteiger partial charge in [0.05, 0.1) is 48.1 Å². The van der Waals surface area contributed by atoms with Crippen LogP contribution in [0.3, 0.4) is 0 Å². The molecule has 0 amide bonds. The molecule has 0 N–H and O–H groups in total. The van der Waals surface area contributed by atoms with E-state index in [-0.39, 0.29) is 34.5 Å². The lowest BCUT2D eigenvalue weighted by atomic mass is 9.50. The molecule has 298 valence electrons. The lowest BCUT2D eigenvalue weighted by Gasteiger charge is -2.60. The molecule has 2 bridgehead atoms. The second-order valence-corrected chi connectivity index (χ2v) is 33.6. The minimum atomic E-state index is -2.11. The van der Waals surface area contributed by atoms with Crippen LogP contribution in [0.1, 0.15) is 118 Å². The van der Waals surface area contributed by atoms with Crippen molar-refractivity contribution in [1.29, 1.82) is 0 Å². The van der Waals surface area contributed by atoms with Crippen LogP contribution in [0.5, 0.6) is 0 Å². The van der Waals surface area contributed by atoms with Crippen LogP contribution >= 0.6 is 0 Å². The molecule has 16 atom stereocenters. The molecule has 10 heteroatoms. The first-order valence-electron chi connectivity index (χ1n) is 22.2. The summed E-state index contributed by atoms with van der Waals surface area (Å²) < 4.78 is 42.4. The molecular formula is C42H78O6Si4. The summed E-state index contributed by atoms with van der Waals surface area (Å²) in [5.41, 5.74) is 0.682. The molecule has 0 aromatic carbocycles. The number of epoxide rings is 2. The molecule has 5 saturated carbocycles. The van der Waals surface area contributed by atoms with E-state index >= 15 is 0 Å². The van der Waals surface area contributed by atoms with E-state index in [9.17, 15) is 0 Å². The maximum atomic E-state index is 8.07. The molecule has 52 heavy (non-hydrogen) atoms. The summed E-state index contributed by atoms with van der Waals surface area (Å²) in [6.07, 6.45) is 20.2. The van der Waals surface area contributed by atoms with Gasteiger partial charge >= 0.3 is 0 Å². The van der Waals surface area contributed by atoms with Crippen molar-refractivity contribution in [1.82, 2.24) is 0 Å². The third kappa shape index (κ3) is 7.42. The summed E-state index contributed by atoms with van der Waals surface area (Å²) in [6.45, 7) is 29.1. The first kappa shape index (κ1) is 40.8. The maximum Gasteiger partial charge on any atom is 0.202 e. The molecule has 7 rings (SSSR count). The fourth-order valence-corrected chi connectivity index (χ4v) is 26.6. The largest absolute Gasteiger partial charge is 0.454 e. The maximum absolute atomic E-state index is 8.07. The number of fused-ring (bicyclic) bond motifs is 7. The molecule has 7 fully saturated rings. The van der Waals surface area contributed by atoms with E-state index in [4.69, 9.17) is 27.2 Å². The monoisotopic (exact) mass is 790 g/mol. The van der Waals surface area contributed by atoms with Gasteiger partial charge in [-0.1, -0.05) is 34.1 Å². The summed E-state index contributed by atoms with van der Waals surface area (Å²) >= 11 is 0. The molecule has 2 heterocycles. The van der Waals surface area contributed by atoms with Crippen molar-refractivity contribution >= 4 is 34.7 Å². The highest BCUT2D eigenvalue weighted by atomic mass is 28.4. The van der Waals surface area contributed by atoms with Crippen molar-refractivity contribution in [3.8, 4) is 0 Å². The second-order valence-electron chi connectivity index (χ2n) is 20.6.